The molecule has 0 radical (unpaired) electrons. The van der Waals surface area contributed by atoms with Gasteiger partial charge in [0.2, 0.25) is 15.9 Å². The summed E-state index contributed by atoms with van der Waals surface area (Å²) in [4.78, 5) is 23.5. The van der Waals surface area contributed by atoms with Gasteiger partial charge in [-0.2, -0.15) is 4.31 Å². The molecule has 2 aromatic rings. The molecule has 0 unspecified atom stereocenters. The summed E-state index contributed by atoms with van der Waals surface area (Å²) >= 11 is 0. The van der Waals surface area contributed by atoms with Gasteiger partial charge in [-0.25, -0.2) is 8.42 Å². The van der Waals surface area contributed by atoms with Crippen LogP contribution in [0.25, 0.3) is 0 Å². The molecule has 7 heteroatoms. The molecule has 0 aliphatic heterocycles. The Morgan fingerprint density at radius 2 is 1.73 bits per heavy atom. The number of carbonyl (C=O) groups is 2. The molecule has 0 spiro atoms. The number of nitrogens with zero attached hydrogens (tertiary/aromatic N) is 1. The fourth-order valence-electron chi connectivity index (χ4n) is 2.45. The highest BCUT2D eigenvalue weighted by Crippen LogP contribution is 2.13. The predicted molar refractivity (Wildman–Crippen MR) is 102 cm³/mol. The molecule has 0 heterocycles. The number of hydrogen-bond donors (Lipinski definition) is 1. The topological polar surface area (TPSA) is 83.6 Å². The highest BCUT2D eigenvalue weighted by atomic mass is 32.2. The minimum atomic E-state index is -3.55. The Morgan fingerprint density at radius 3 is 2.27 bits per heavy atom. The number of Topliss-reactive ketones (excluding diaryl/α,β-unsaturated/α-hetero) is 1. The third kappa shape index (κ3) is 5.79. The lowest BCUT2D eigenvalue weighted by Crippen LogP contribution is -2.36. The molecular weight excluding hydrogens is 352 g/mol. The first-order valence-corrected chi connectivity index (χ1v) is 9.91. The molecule has 0 aliphatic carbocycles. The first kappa shape index (κ1) is 19.8. The zero-order valence-electron chi connectivity index (χ0n) is 15.0. The van der Waals surface area contributed by atoms with Crippen LogP contribution in [-0.2, 0) is 21.4 Å². The lowest BCUT2D eigenvalue weighted by molar-refractivity contribution is -0.116. The summed E-state index contributed by atoms with van der Waals surface area (Å²) in [6, 6.07) is 13.9. The van der Waals surface area contributed by atoms with Crippen molar-refractivity contribution in [2.75, 3.05) is 18.1 Å². The van der Waals surface area contributed by atoms with Crippen molar-refractivity contribution >= 4 is 27.4 Å². The van der Waals surface area contributed by atoms with E-state index in [1.807, 2.05) is 31.2 Å². The monoisotopic (exact) mass is 374 g/mol. The number of anilines is 1. The van der Waals surface area contributed by atoms with Gasteiger partial charge in [-0.1, -0.05) is 29.8 Å². The molecule has 0 bridgehead atoms. The summed E-state index contributed by atoms with van der Waals surface area (Å²) in [6.45, 7) is 3.22. The average molecular weight is 374 g/mol. The van der Waals surface area contributed by atoms with Gasteiger partial charge in [0, 0.05) is 17.8 Å². The van der Waals surface area contributed by atoms with E-state index in [2.05, 4.69) is 5.32 Å². The van der Waals surface area contributed by atoms with E-state index in [-0.39, 0.29) is 18.9 Å². The Labute approximate surface area is 153 Å². The van der Waals surface area contributed by atoms with Crippen LogP contribution in [0.3, 0.4) is 0 Å². The molecule has 0 aromatic heterocycles. The van der Waals surface area contributed by atoms with Crippen LogP contribution in [0.15, 0.2) is 48.5 Å². The number of nitrogens with one attached hydrogen (secondary N) is 1. The predicted octanol–water partition coefficient (Wildman–Crippen LogP) is 2.60. The summed E-state index contributed by atoms with van der Waals surface area (Å²) in [7, 11) is -3.55. The maximum atomic E-state index is 12.3. The number of amides is 1. The molecule has 6 nitrogen and oxygen atoms in total. The number of carbonyl (C=O) groups excluding carboxylic acids is 2. The zero-order chi connectivity index (χ0) is 19.3. The lowest BCUT2D eigenvalue weighted by atomic mass is 10.1. The van der Waals surface area contributed by atoms with Gasteiger partial charge in [-0.3, -0.25) is 9.59 Å². The zero-order valence-corrected chi connectivity index (χ0v) is 15.8. The Kier molecular flexibility index (Phi) is 6.28. The van der Waals surface area contributed by atoms with Gasteiger partial charge < -0.3 is 5.32 Å². The van der Waals surface area contributed by atoms with Crippen LogP contribution in [0.4, 0.5) is 5.69 Å². The van der Waals surface area contributed by atoms with Gasteiger partial charge >= 0.3 is 0 Å². The van der Waals surface area contributed by atoms with Gasteiger partial charge in [-0.05, 0) is 43.7 Å². The number of hydrogen-bond acceptors (Lipinski definition) is 4. The highest BCUT2D eigenvalue weighted by molar-refractivity contribution is 7.88. The van der Waals surface area contributed by atoms with E-state index < -0.39 is 15.9 Å². The fourth-order valence-corrected chi connectivity index (χ4v) is 3.19. The van der Waals surface area contributed by atoms with Crippen LogP contribution in [0.5, 0.6) is 0 Å². The van der Waals surface area contributed by atoms with E-state index in [0.29, 0.717) is 11.3 Å². The van der Waals surface area contributed by atoms with Crippen LogP contribution in [0, 0.1) is 6.92 Å². The fraction of sp³-hybridized carbons (Fsp3) is 0.263. The molecule has 2 aromatic carbocycles. The average Bonchev–Trinajstić information content (AvgIpc) is 2.54. The minimum Gasteiger partial charge on any atom is -0.325 e. The van der Waals surface area contributed by atoms with E-state index in [1.54, 1.807) is 24.3 Å². The standard InChI is InChI=1S/C19H22N2O4S/c1-14-5-4-6-16(11-14)12-21(26(3,24)25)13-19(23)20-18-9-7-17(8-10-18)15(2)22/h4-11H,12-13H2,1-3H3,(H,20,23). The summed E-state index contributed by atoms with van der Waals surface area (Å²) in [5, 5.41) is 2.65. The van der Waals surface area contributed by atoms with Gasteiger partial charge in [0.15, 0.2) is 5.78 Å². The molecule has 26 heavy (non-hydrogen) atoms. The smallest absolute Gasteiger partial charge is 0.239 e. The molecule has 0 aliphatic rings. The van der Waals surface area contributed by atoms with Crippen LogP contribution in [0.1, 0.15) is 28.4 Å². The minimum absolute atomic E-state index is 0.0655. The normalized spacial score (nSPS) is 11.4. The molecule has 1 amide bonds. The van der Waals surface area contributed by atoms with Gasteiger partial charge in [0.25, 0.3) is 0 Å². The number of sulfonamides is 1. The molecule has 0 saturated carbocycles. The molecule has 138 valence electrons. The Morgan fingerprint density at radius 1 is 1.08 bits per heavy atom. The molecule has 0 fully saturated rings. The Bertz CT molecular complexity index is 905. The second-order valence-corrected chi connectivity index (χ2v) is 8.18. The van der Waals surface area contributed by atoms with Gasteiger partial charge in [0.1, 0.15) is 0 Å². The lowest BCUT2D eigenvalue weighted by Gasteiger charge is -2.20. The molecular formula is C19H22N2O4S. The van der Waals surface area contributed by atoms with Crippen molar-refractivity contribution in [3.05, 3.63) is 65.2 Å². The molecule has 0 saturated heterocycles. The van der Waals surface area contributed by atoms with Crippen LogP contribution in [0.2, 0.25) is 0 Å². The van der Waals surface area contributed by atoms with E-state index >= 15 is 0 Å². The van der Waals surface area contributed by atoms with Crippen LogP contribution >= 0.6 is 0 Å². The van der Waals surface area contributed by atoms with Crippen molar-refractivity contribution in [2.45, 2.75) is 20.4 Å². The number of aryl methyl sites for hydroxylation is 1. The maximum absolute atomic E-state index is 12.3. The van der Waals surface area contributed by atoms with Crippen molar-refractivity contribution in [3.63, 3.8) is 0 Å². The van der Waals surface area contributed by atoms with Crippen LogP contribution < -0.4 is 5.32 Å². The van der Waals surface area contributed by atoms with Gasteiger partial charge in [-0.15, -0.1) is 0 Å². The largest absolute Gasteiger partial charge is 0.325 e. The third-order valence-corrected chi connectivity index (χ3v) is 5.00. The number of benzene rings is 2. The first-order valence-electron chi connectivity index (χ1n) is 8.06. The quantitative estimate of drug-likeness (QED) is 0.755. The highest BCUT2D eigenvalue weighted by Gasteiger charge is 2.20. The SMILES string of the molecule is CC(=O)c1ccc(NC(=O)CN(Cc2cccc(C)c2)S(C)(=O)=O)cc1. The van der Waals surface area contributed by atoms with Crippen molar-refractivity contribution in [2.24, 2.45) is 0 Å². The summed E-state index contributed by atoms with van der Waals surface area (Å²) in [5.41, 5.74) is 2.88. The third-order valence-electron chi connectivity index (χ3n) is 3.81. The molecule has 2 rings (SSSR count). The molecule has 0 atom stereocenters. The Balaban J connectivity index is 2.08. The second-order valence-electron chi connectivity index (χ2n) is 6.20. The Hall–Kier alpha value is -2.51. The second kappa shape index (κ2) is 8.25. The van der Waals surface area contributed by atoms with Crippen molar-refractivity contribution < 1.29 is 18.0 Å². The van der Waals surface area contributed by atoms with Gasteiger partial charge in [0.05, 0.1) is 12.8 Å². The summed E-state index contributed by atoms with van der Waals surface area (Å²) < 4.78 is 25.2. The van der Waals surface area contributed by atoms with E-state index in [1.165, 1.54) is 6.92 Å². The molecule has 1 N–H and O–H groups in total. The number of rotatable bonds is 7. The first-order chi connectivity index (χ1) is 12.1. The van der Waals surface area contributed by atoms with Crippen molar-refractivity contribution in [1.82, 2.24) is 4.31 Å². The van der Waals surface area contributed by atoms with E-state index in [0.717, 1.165) is 21.7 Å². The van der Waals surface area contributed by atoms with E-state index in [9.17, 15) is 18.0 Å². The number of ketones is 1. The summed E-state index contributed by atoms with van der Waals surface area (Å²) in [6.07, 6.45) is 1.08. The van der Waals surface area contributed by atoms with Crippen molar-refractivity contribution in [3.8, 4) is 0 Å². The van der Waals surface area contributed by atoms with E-state index in [4.69, 9.17) is 0 Å². The summed E-state index contributed by atoms with van der Waals surface area (Å²) in [5.74, 6) is -0.511. The maximum Gasteiger partial charge on any atom is 0.239 e. The van der Waals surface area contributed by atoms with Crippen LogP contribution in [-0.4, -0.2) is 37.2 Å². The van der Waals surface area contributed by atoms with Crippen molar-refractivity contribution in [1.29, 1.82) is 0 Å².